The zero-order chi connectivity index (χ0) is 10.8. The second kappa shape index (κ2) is 4.03. The highest BCUT2D eigenvalue weighted by Crippen LogP contribution is 2.15. The Hall–Kier alpha value is -1.35. The molecule has 0 atom stereocenters. The van der Waals surface area contributed by atoms with Gasteiger partial charge in [0.05, 0.1) is 11.7 Å². The molecule has 2 aromatic rings. The highest BCUT2D eigenvalue weighted by molar-refractivity contribution is 5.79. The molecule has 0 bridgehead atoms. The molecule has 3 nitrogen and oxygen atoms in total. The molecule has 0 saturated carbocycles. The van der Waals surface area contributed by atoms with Crippen LogP contribution >= 0.6 is 0 Å². The fourth-order valence-electron chi connectivity index (χ4n) is 1.70. The first kappa shape index (κ1) is 10.2. The predicted octanol–water partition coefficient (Wildman–Crippen LogP) is 1.91. The Morgan fingerprint density at radius 2 is 2.20 bits per heavy atom. The van der Waals surface area contributed by atoms with Gasteiger partial charge in [0, 0.05) is 30.4 Å². The molecule has 3 heteroatoms. The van der Waals surface area contributed by atoms with Crippen molar-refractivity contribution in [3.63, 3.8) is 0 Å². The van der Waals surface area contributed by atoms with Gasteiger partial charge in [-0.2, -0.15) is 0 Å². The molecular formula is C12H17N3. The standard InChI is InChI=1S/C12H17N3/c1-10-8-11-4-5-15(7-6-14(2)3)12(11)9-13-10/h4-5,8-9H,6-7H2,1-3H3. The third-order valence-corrected chi connectivity index (χ3v) is 2.58. The fraction of sp³-hybridized carbons (Fsp3) is 0.417. The molecular weight excluding hydrogens is 186 g/mol. The summed E-state index contributed by atoms with van der Waals surface area (Å²) >= 11 is 0. The lowest BCUT2D eigenvalue weighted by Gasteiger charge is -2.10. The lowest BCUT2D eigenvalue weighted by molar-refractivity contribution is 0.387. The molecule has 0 radical (unpaired) electrons. The topological polar surface area (TPSA) is 21.1 Å². The van der Waals surface area contributed by atoms with E-state index >= 15 is 0 Å². The zero-order valence-electron chi connectivity index (χ0n) is 9.57. The van der Waals surface area contributed by atoms with E-state index in [2.05, 4.69) is 46.9 Å². The van der Waals surface area contributed by atoms with Crippen LogP contribution in [0.2, 0.25) is 0 Å². The summed E-state index contributed by atoms with van der Waals surface area (Å²) < 4.78 is 2.25. The molecule has 2 aromatic heterocycles. The van der Waals surface area contributed by atoms with E-state index < -0.39 is 0 Å². The van der Waals surface area contributed by atoms with Crippen molar-refractivity contribution in [3.05, 3.63) is 30.2 Å². The minimum Gasteiger partial charge on any atom is -0.345 e. The number of hydrogen-bond donors (Lipinski definition) is 0. The van der Waals surface area contributed by atoms with Crippen molar-refractivity contribution in [3.8, 4) is 0 Å². The van der Waals surface area contributed by atoms with Crippen LogP contribution in [0.15, 0.2) is 24.5 Å². The van der Waals surface area contributed by atoms with Crippen molar-refractivity contribution in [1.29, 1.82) is 0 Å². The second-order valence-corrected chi connectivity index (χ2v) is 4.20. The minimum absolute atomic E-state index is 1.02. The van der Waals surface area contributed by atoms with Crippen molar-refractivity contribution in [2.45, 2.75) is 13.5 Å². The normalized spacial score (nSPS) is 11.5. The first-order valence-corrected chi connectivity index (χ1v) is 5.23. The Bertz CT molecular complexity index is 457. The number of pyridine rings is 1. The summed E-state index contributed by atoms with van der Waals surface area (Å²) in [5.41, 5.74) is 2.30. The maximum atomic E-state index is 4.33. The molecule has 0 aliphatic rings. The van der Waals surface area contributed by atoms with Crippen molar-refractivity contribution in [1.82, 2.24) is 14.5 Å². The number of nitrogens with zero attached hydrogens (tertiary/aromatic N) is 3. The number of rotatable bonds is 3. The summed E-state index contributed by atoms with van der Waals surface area (Å²) in [6.45, 7) is 4.09. The molecule has 0 amide bonds. The van der Waals surface area contributed by atoms with Gasteiger partial charge >= 0.3 is 0 Å². The molecule has 80 valence electrons. The van der Waals surface area contributed by atoms with E-state index in [0.29, 0.717) is 0 Å². The Kier molecular flexibility index (Phi) is 2.73. The molecule has 2 heterocycles. The highest BCUT2D eigenvalue weighted by Gasteiger charge is 2.01. The van der Waals surface area contributed by atoms with Crippen LogP contribution in [-0.4, -0.2) is 35.1 Å². The number of aryl methyl sites for hydroxylation is 1. The molecule has 2 rings (SSSR count). The molecule has 0 fully saturated rings. The minimum atomic E-state index is 1.02. The molecule has 0 aliphatic carbocycles. The molecule has 0 saturated heterocycles. The van der Waals surface area contributed by atoms with E-state index in [1.165, 1.54) is 10.9 Å². The summed E-state index contributed by atoms with van der Waals surface area (Å²) in [5.74, 6) is 0. The SMILES string of the molecule is Cc1cc2ccn(CCN(C)C)c2cn1. The highest BCUT2D eigenvalue weighted by atomic mass is 15.1. The molecule has 0 aromatic carbocycles. The van der Waals surface area contributed by atoms with Crippen LogP contribution in [0, 0.1) is 6.92 Å². The molecule has 0 unspecified atom stereocenters. The van der Waals surface area contributed by atoms with Gasteiger partial charge in [-0.05, 0) is 33.2 Å². The Morgan fingerprint density at radius 3 is 2.93 bits per heavy atom. The largest absolute Gasteiger partial charge is 0.345 e. The summed E-state index contributed by atoms with van der Waals surface area (Å²) in [5, 5.41) is 1.28. The number of likely N-dealkylation sites (N-methyl/N-ethyl adjacent to an activating group) is 1. The van der Waals surface area contributed by atoms with Crippen LogP contribution in [0.25, 0.3) is 10.9 Å². The average molecular weight is 203 g/mol. The summed E-state index contributed by atoms with van der Waals surface area (Å²) in [4.78, 5) is 6.52. The summed E-state index contributed by atoms with van der Waals surface area (Å²) in [6.07, 6.45) is 4.09. The lowest BCUT2D eigenvalue weighted by atomic mass is 10.3. The monoisotopic (exact) mass is 203 g/mol. The van der Waals surface area contributed by atoms with Gasteiger partial charge in [0.1, 0.15) is 0 Å². The number of aromatic nitrogens is 2. The van der Waals surface area contributed by atoms with Gasteiger partial charge in [-0.1, -0.05) is 0 Å². The lowest BCUT2D eigenvalue weighted by Crippen LogP contribution is -2.17. The fourth-order valence-corrected chi connectivity index (χ4v) is 1.70. The smallest absolute Gasteiger partial charge is 0.0667 e. The van der Waals surface area contributed by atoms with Crippen molar-refractivity contribution in [2.75, 3.05) is 20.6 Å². The third kappa shape index (κ3) is 2.18. The van der Waals surface area contributed by atoms with Crippen LogP contribution in [0.1, 0.15) is 5.69 Å². The van der Waals surface area contributed by atoms with Gasteiger partial charge in [-0.3, -0.25) is 4.98 Å². The summed E-state index contributed by atoms with van der Waals surface area (Å²) in [6, 6.07) is 4.28. The second-order valence-electron chi connectivity index (χ2n) is 4.20. The van der Waals surface area contributed by atoms with E-state index in [-0.39, 0.29) is 0 Å². The third-order valence-electron chi connectivity index (χ3n) is 2.58. The van der Waals surface area contributed by atoms with E-state index in [4.69, 9.17) is 0 Å². The van der Waals surface area contributed by atoms with E-state index in [0.717, 1.165) is 18.8 Å². The van der Waals surface area contributed by atoms with Gasteiger partial charge in [-0.25, -0.2) is 0 Å². The predicted molar refractivity (Wildman–Crippen MR) is 63.0 cm³/mol. The van der Waals surface area contributed by atoms with Crippen molar-refractivity contribution >= 4 is 10.9 Å². The summed E-state index contributed by atoms with van der Waals surface area (Å²) in [7, 11) is 4.18. The first-order valence-electron chi connectivity index (χ1n) is 5.23. The van der Waals surface area contributed by atoms with Crippen LogP contribution in [0.5, 0.6) is 0 Å². The van der Waals surface area contributed by atoms with E-state index in [1.807, 2.05) is 13.1 Å². The molecule has 15 heavy (non-hydrogen) atoms. The zero-order valence-corrected chi connectivity index (χ0v) is 9.57. The number of fused-ring (bicyclic) bond motifs is 1. The van der Waals surface area contributed by atoms with Gasteiger partial charge in [0.2, 0.25) is 0 Å². The number of hydrogen-bond acceptors (Lipinski definition) is 2. The quantitative estimate of drug-likeness (QED) is 0.759. The molecule has 0 spiro atoms. The van der Waals surface area contributed by atoms with Crippen LogP contribution in [0.3, 0.4) is 0 Å². The Balaban J connectivity index is 2.29. The van der Waals surface area contributed by atoms with Gasteiger partial charge < -0.3 is 9.47 Å². The van der Waals surface area contributed by atoms with Crippen LogP contribution in [0.4, 0.5) is 0 Å². The van der Waals surface area contributed by atoms with Gasteiger partial charge in [-0.15, -0.1) is 0 Å². The molecule has 0 aliphatic heterocycles. The maximum absolute atomic E-state index is 4.33. The maximum Gasteiger partial charge on any atom is 0.0667 e. The van der Waals surface area contributed by atoms with E-state index in [1.54, 1.807) is 0 Å². The first-order chi connectivity index (χ1) is 7.16. The van der Waals surface area contributed by atoms with Gasteiger partial charge in [0.25, 0.3) is 0 Å². The van der Waals surface area contributed by atoms with Crippen molar-refractivity contribution in [2.24, 2.45) is 0 Å². The van der Waals surface area contributed by atoms with E-state index in [9.17, 15) is 0 Å². The average Bonchev–Trinajstić information content (AvgIpc) is 2.57. The molecule has 0 N–H and O–H groups in total. The Morgan fingerprint density at radius 1 is 1.40 bits per heavy atom. The van der Waals surface area contributed by atoms with Crippen LogP contribution < -0.4 is 0 Å². The van der Waals surface area contributed by atoms with Gasteiger partial charge in [0.15, 0.2) is 0 Å². The van der Waals surface area contributed by atoms with Crippen molar-refractivity contribution < 1.29 is 0 Å². The van der Waals surface area contributed by atoms with Crippen LogP contribution in [-0.2, 0) is 6.54 Å². The Labute approximate surface area is 90.3 Å².